The van der Waals surface area contributed by atoms with Crippen LogP contribution in [-0.2, 0) is 4.79 Å². The van der Waals surface area contributed by atoms with Gasteiger partial charge >= 0.3 is 0 Å². The molecule has 0 saturated carbocycles. The summed E-state index contributed by atoms with van der Waals surface area (Å²) in [4.78, 5) is 11.4. The van der Waals surface area contributed by atoms with Gasteiger partial charge in [-0.3, -0.25) is 4.79 Å². The number of nitrogens with one attached hydrogen (secondary N) is 1. The SMILES string of the molecule is CCC(CC)C1CCCNC1=O. The third kappa shape index (κ3) is 1.99. The summed E-state index contributed by atoms with van der Waals surface area (Å²) in [5, 5.41) is 2.94. The lowest BCUT2D eigenvalue weighted by Gasteiger charge is -2.28. The van der Waals surface area contributed by atoms with E-state index in [1.807, 2.05) is 0 Å². The quantitative estimate of drug-likeness (QED) is 0.687. The van der Waals surface area contributed by atoms with E-state index in [0.717, 1.165) is 32.2 Å². The molecule has 0 aliphatic carbocycles. The van der Waals surface area contributed by atoms with Crippen LogP contribution in [0.25, 0.3) is 0 Å². The lowest BCUT2D eigenvalue weighted by Crippen LogP contribution is -2.39. The van der Waals surface area contributed by atoms with Crippen molar-refractivity contribution < 1.29 is 4.79 Å². The van der Waals surface area contributed by atoms with Crippen LogP contribution in [0.3, 0.4) is 0 Å². The van der Waals surface area contributed by atoms with Crippen molar-refractivity contribution in [3.8, 4) is 0 Å². The van der Waals surface area contributed by atoms with E-state index < -0.39 is 0 Å². The highest BCUT2D eigenvalue weighted by Gasteiger charge is 2.27. The molecule has 1 unspecified atom stereocenters. The standard InChI is InChI=1S/C10H19NO/c1-3-8(4-2)9-6-5-7-11-10(9)12/h8-9H,3-7H2,1-2H3,(H,11,12). The molecule has 0 radical (unpaired) electrons. The summed E-state index contributed by atoms with van der Waals surface area (Å²) < 4.78 is 0. The van der Waals surface area contributed by atoms with Gasteiger partial charge in [-0.05, 0) is 18.8 Å². The first-order valence-electron chi connectivity index (χ1n) is 5.07. The van der Waals surface area contributed by atoms with Crippen molar-refractivity contribution in [3.05, 3.63) is 0 Å². The highest BCUT2D eigenvalue weighted by atomic mass is 16.1. The number of rotatable bonds is 3. The average molecular weight is 169 g/mol. The Hall–Kier alpha value is -0.530. The fourth-order valence-corrected chi connectivity index (χ4v) is 2.10. The minimum Gasteiger partial charge on any atom is -0.356 e. The van der Waals surface area contributed by atoms with Gasteiger partial charge in [0.2, 0.25) is 5.91 Å². The predicted molar refractivity (Wildman–Crippen MR) is 49.8 cm³/mol. The van der Waals surface area contributed by atoms with Crippen LogP contribution in [0.5, 0.6) is 0 Å². The molecule has 1 fully saturated rings. The second kappa shape index (κ2) is 4.48. The van der Waals surface area contributed by atoms with Gasteiger partial charge in [0, 0.05) is 12.5 Å². The van der Waals surface area contributed by atoms with E-state index in [2.05, 4.69) is 19.2 Å². The highest BCUT2D eigenvalue weighted by Crippen LogP contribution is 2.25. The number of piperidine rings is 1. The largest absolute Gasteiger partial charge is 0.356 e. The van der Waals surface area contributed by atoms with Crippen molar-refractivity contribution in [2.75, 3.05) is 6.54 Å². The number of amides is 1. The molecule has 12 heavy (non-hydrogen) atoms. The van der Waals surface area contributed by atoms with Gasteiger partial charge in [-0.2, -0.15) is 0 Å². The molecule has 2 heteroatoms. The third-order valence-electron chi connectivity index (χ3n) is 2.95. The van der Waals surface area contributed by atoms with Gasteiger partial charge in [-0.15, -0.1) is 0 Å². The van der Waals surface area contributed by atoms with E-state index in [9.17, 15) is 4.79 Å². The fourth-order valence-electron chi connectivity index (χ4n) is 2.10. The van der Waals surface area contributed by atoms with Gasteiger partial charge in [-0.1, -0.05) is 26.7 Å². The van der Waals surface area contributed by atoms with Gasteiger partial charge in [0.1, 0.15) is 0 Å². The number of carbonyl (C=O) groups excluding carboxylic acids is 1. The molecule has 70 valence electrons. The Balaban J connectivity index is 2.51. The summed E-state index contributed by atoms with van der Waals surface area (Å²) in [6.45, 7) is 5.24. The second-order valence-electron chi connectivity index (χ2n) is 3.62. The maximum atomic E-state index is 11.4. The van der Waals surface area contributed by atoms with Crippen LogP contribution in [0.4, 0.5) is 0 Å². The molecule has 0 aromatic rings. The van der Waals surface area contributed by atoms with Crippen molar-refractivity contribution in [3.63, 3.8) is 0 Å². The van der Waals surface area contributed by atoms with Crippen LogP contribution in [0, 0.1) is 11.8 Å². The zero-order valence-corrected chi connectivity index (χ0v) is 8.10. The molecule has 1 heterocycles. The summed E-state index contributed by atoms with van der Waals surface area (Å²) in [5.41, 5.74) is 0. The molecule has 1 N–H and O–H groups in total. The smallest absolute Gasteiger partial charge is 0.223 e. The van der Waals surface area contributed by atoms with Gasteiger partial charge in [-0.25, -0.2) is 0 Å². The third-order valence-corrected chi connectivity index (χ3v) is 2.95. The molecular formula is C10H19NO. The van der Waals surface area contributed by atoms with Crippen LogP contribution in [0.2, 0.25) is 0 Å². The van der Waals surface area contributed by atoms with E-state index in [4.69, 9.17) is 0 Å². The molecule has 1 atom stereocenters. The molecule has 1 saturated heterocycles. The first-order valence-corrected chi connectivity index (χ1v) is 5.07. The maximum Gasteiger partial charge on any atom is 0.223 e. The van der Waals surface area contributed by atoms with Gasteiger partial charge in [0.15, 0.2) is 0 Å². The molecule has 1 rings (SSSR count). The molecule has 0 aromatic carbocycles. The molecular weight excluding hydrogens is 150 g/mol. The van der Waals surface area contributed by atoms with Gasteiger partial charge in [0.25, 0.3) is 0 Å². The second-order valence-corrected chi connectivity index (χ2v) is 3.62. The Bertz CT molecular complexity index is 152. The van der Waals surface area contributed by atoms with Crippen LogP contribution in [0.1, 0.15) is 39.5 Å². The Morgan fingerprint density at radius 1 is 1.50 bits per heavy atom. The van der Waals surface area contributed by atoms with E-state index in [1.54, 1.807) is 0 Å². The Kier molecular flexibility index (Phi) is 3.57. The molecule has 1 amide bonds. The van der Waals surface area contributed by atoms with Crippen molar-refractivity contribution in [1.82, 2.24) is 5.32 Å². The van der Waals surface area contributed by atoms with Crippen LogP contribution >= 0.6 is 0 Å². The van der Waals surface area contributed by atoms with Gasteiger partial charge in [0.05, 0.1) is 0 Å². The topological polar surface area (TPSA) is 29.1 Å². The number of hydrogen-bond acceptors (Lipinski definition) is 1. The number of carbonyl (C=O) groups is 1. The van der Waals surface area contributed by atoms with E-state index in [0.29, 0.717) is 11.8 Å². The predicted octanol–water partition coefficient (Wildman–Crippen LogP) is 1.95. The molecule has 2 nitrogen and oxygen atoms in total. The molecule has 0 spiro atoms. The van der Waals surface area contributed by atoms with E-state index in [1.165, 1.54) is 0 Å². The monoisotopic (exact) mass is 169 g/mol. The lowest BCUT2D eigenvalue weighted by molar-refractivity contribution is -0.128. The highest BCUT2D eigenvalue weighted by molar-refractivity contribution is 5.79. The first kappa shape index (κ1) is 9.56. The molecule has 0 aromatic heterocycles. The van der Waals surface area contributed by atoms with Crippen LogP contribution in [-0.4, -0.2) is 12.5 Å². The van der Waals surface area contributed by atoms with Crippen molar-refractivity contribution >= 4 is 5.91 Å². The first-order chi connectivity index (χ1) is 5.79. The van der Waals surface area contributed by atoms with Crippen LogP contribution < -0.4 is 5.32 Å². The summed E-state index contributed by atoms with van der Waals surface area (Å²) in [6.07, 6.45) is 4.52. The molecule has 1 aliphatic rings. The minimum absolute atomic E-state index is 0.287. The lowest BCUT2D eigenvalue weighted by atomic mass is 9.82. The molecule has 0 bridgehead atoms. The summed E-state index contributed by atoms with van der Waals surface area (Å²) in [7, 11) is 0. The van der Waals surface area contributed by atoms with Crippen molar-refractivity contribution in [1.29, 1.82) is 0 Å². The summed E-state index contributed by atoms with van der Waals surface area (Å²) in [5.74, 6) is 1.19. The zero-order chi connectivity index (χ0) is 8.97. The van der Waals surface area contributed by atoms with Crippen LogP contribution in [0.15, 0.2) is 0 Å². The Morgan fingerprint density at radius 2 is 2.17 bits per heavy atom. The van der Waals surface area contributed by atoms with Crippen molar-refractivity contribution in [2.24, 2.45) is 11.8 Å². The summed E-state index contributed by atoms with van der Waals surface area (Å²) >= 11 is 0. The zero-order valence-electron chi connectivity index (χ0n) is 8.10. The Labute approximate surface area is 74.7 Å². The summed E-state index contributed by atoms with van der Waals surface area (Å²) in [6, 6.07) is 0. The van der Waals surface area contributed by atoms with Crippen molar-refractivity contribution in [2.45, 2.75) is 39.5 Å². The number of hydrogen-bond donors (Lipinski definition) is 1. The minimum atomic E-state index is 0.287. The fraction of sp³-hybridized carbons (Fsp3) is 0.900. The normalized spacial score (nSPS) is 24.2. The van der Waals surface area contributed by atoms with E-state index in [-0.39, 0.29) is 5.91 Å². The Morgan fingerprint density at radius 3 is 2.67 bits per heavy atom. The maximum absolute atomic E-state index is 11.4. The average Bonchev–Trinajstić information content (AvgIpc) is 2.10. The van der Waals surface area contributed by atoms with E-state index >= 15 is 0 Å². The van der Waals surface area contributed by atoms with Gasteiger partial charge < -0.3 is 5.32 Å². The molecule has 1 aliphatic heterocycles.